The van der Waals surface area contributed by atoms with Gasteiger partial charge in [0.1, 0.15) is 11.5 Å². The number of hydrogen-bond acceptors (Lipinski definition) is 12. The predicted octanol–water partition coefficient (Wildman–Crippen LogP) is 9.23. The van der Waals surface area contributed by atoms with Gasteiger partial charge in [0.2, 0.25) is 0 Å². The number of fused-ring (bicyclic) bond motifs is 2. The van der Waals surface area contributed by atoms with Gasteiger partial charge >= 0.3 is 0 Å². The van der Waals surface area contributed by atoms with Gasteiger partial charge in [-0.15, -0.1) is 21.5 Å². The number of para-hydroxylation sites is 2. The summed E-state index contributed by atoms with van der Waals surface area (Å²) in [7, 11) is 14.4. The number of hydrogen-bond donors (Lipinski definition) is 0. The number of rotatable bonds is 8. The van der Waals surface area contributed by atoms with Crippen LogP contribution in [-0.4, -0.2) is 84.9 Å². The molecule has 7 aromatic rings. The second-order valence-electron chi connectivity index (χ2n) is 16.4. The van der Waals surface area contributed by atoms with E-state index >= 15 is 0 Å². The lowest BCUT2D eigenvalue weighted by atomic mass is 9.91. The van der Waals surface area contributed by atoms with E-state index in [0.29, 0.717) is 12.4 Å². The summed E-state index contributed by atoms with van der Waals surface area (Å²) in [4.78, 5) is 9.94. The van der Waals surface area contributed by atoms with E-state index in [9.17, 15) is 0 Å². The molecule has 12 nitrogen and oxygen atoms in total. The van der Waals surface area contributed by atoms with E-state index in [-0.39, 0.29) is 10.8 Å². The molecule has 2 aromatic carbocycles. The van der Waals surface area contributed by atoms with Crippen molar-refractivity contribution in [1.82, 2.24) is 29.6 Å². The number of nitrogens with zero attached hydrogens (tertiary/aromatic N) is 9. The monoisotopic (exact) mass is 850 g/mol. The zero-order valence-electron chi connectivity index (χ0n) is 38.4. The molecule has 1 aliphatic heterocycles. The van der Waals surface area contributed by atoms with Gasteiger partial charge in [-0.2, -0.15) is 14.7 Å². The van der Waals surface area contributed by atoms with E-state index in [1.807, 2.05) is 84.0 Å². The summed E-state index contributed by atoms with van der Waals surface area (Å²) in [6.45, 7) is 13.7. The fourth-order valence-corrected chi connectivity index (χ4v) is 7.90. The normalized spacial score (nSPS) is 12.5. The van der Waals surface area contributed by atoms with Crippen LogP contribution in [0.2, 0.25) is 0 Å². The third-order valence-corrected chi connectivity index (χ3v) is 11.8. The van der Waals surface area contributed by atoms with Crippen LogP contribution in [0.1, 0.15) is 77.8 Å². The lowest BCUT2D eigenvalue weighted by molar-refractivity contribution is 0.413. The molecular weight excluding hydrogens is 791 g/mol. The SMILES string of the molecule is COc1ccc(N(C)C)s1.COc1ccccc1-c1nnc2/c(=C\c3ccc(N(C)C)s3)c(C(C)(C)C)nn12.COc1ccccc1C1=NCc2cc(C(C)(C)C)nn21.[2H]C. The van der Waals surface area contributed by atoms with Crippen molar-refractivity contribution in [3.8, 4) is 28.0 Å². The second-order valence-corrected chi connectivity index (χ2v) is 18.5. The predicted molar refractivity (Wildman–Crippen MR) is 250 cm³/mol. The largest absolute Gasteiger partial charge is 0.496 e. The Morgan fingerprint density at radius 2 is 1.32 bits per heavy atom. The zero-order chi connectivity index (χ0) is 44.6. The molecule has 0 fully saturated rings. The van der Waals surface area contributed by atoms with Crippen LogP contribution in [-0.2, 0) is 17.4 Å². The highest BCUT2D eigenvalue weighted by Crippen LogP contribution is 2.32. The summed E-state index contributed by atoms with van der Waals surface area (Å²) in [5.74, 6) is 3.13. The van der Waals surface area contributed by atoms with Crippen molar-refractivity contribution in [3.63, 3.8) is 0 Å². The van der Waals surface area contributed by atoms with Gasteiger partial charge in [0.25, 0.3) is 0 Å². The van der Waals surface area contributed by atoms with Crippen molar-refractivity contribution in [2.24, 2.45) is 4.99 Å². The van der Waals surface area contributed by atoms with Gasteiger partial charge in [-0.1, -0.05) is 84.5 Å². The van der Waals surface area contributed by atoms with Gasteiger partial charge in [0, 0.05) is 50.5 Å². The molecule has 14 heteroatoms. The third kappa shape index (κ3) is 9.82. The summed E-state index contributed by atoms with van der Waals surface area (Å²) in [5, 5.41) is 23.0. The molecule has 0 radical (unpaired) electrons. The fourth-order valence-electron chi connectivity index (χ4n) is 6.28. The highest BCUT2D eigenvalue weighted by Gasteiger charge is 2.27. The number of thiophene rings is 2. The van der Waals surface area contributed by atoms with Crippen molar-refractivity contribution >= 4 is 50.2 Å². The van der Waals surface area contributed by atoms with Crippen LogP contribution in [0.15, 0.2) is 83.9 Å². The molecule has 8 rings (SSSR count). The molecular formula is C46H59N9O3S2. The van der Waals surface area contributed by atoms with Crippen LogP contribution in [0.5, 0.6) is 16.6 Å². The van der Waals surface area contributed by atoms with Crippen molar-refractivity contribution in [2.75, 3.05) is 59.3 Å². The van der Waals surface area contributed by atoms with Crippen molar-refractivity contribution in [2.45, 2.75) is 66.3 Å². The first-order valence-electron chi connectivity index (χ1n) is 20.3. The highest BCUT2D eigenvalue weighted by molar-refractivity contribution is 7.17. The standard InChI is InChI=1S/C22H25N5OS.C16H19N3O.C7H11NOS.CH4/c1-22(2,3)19-16(13-14-11-12-18(29-14)26(4)5)21-24-23-20(27(21)25-19)15-9-7-8-10-17(15)28-6;1-16(2,3)14-9-11-10-17-15(19(11)18-14)12-7-5-6-8-13(12)20-4;1-8(2)6-4-5-7(9-3)10-6;/h7-13H,1-6H3;5-9H,10H2,1-4H3;4-5H,1-3H3;1H4/b16-13-;;;/i;;;1D. The van der Waals surface area contributed by atoms with Crippen molar-refractivity contribution < 1.29 is 15.6 Å². The average molecular weight is 851 g/mol. The van der Waals surface area contributed by atoms with Gasteiger partial charge < -0.3 is 24.0 Å². The average Bonchev–Trinajstić information content (AvgIpc) is 4.09. The summed E-state index contributed by atoms with van der Waals surface area (Å²) in [5.41, 5.74) is 5.75. The Morgan fingerprint density at radius 1 is 0.717 bits per heavy atom. The molecule has 0 saturated heterocycles. The van der Waals surface area contributed by atoms with E-state index in [1.54, 1.807) is 44.0 Å². The van der Waals surface area contributed by atoms with E-state index in [0.717, 1.165) is 66.3 Å². The molecule has 0 unspecified atom stereocenters. The third-order valence-electron chi connectivity index (χ3n) is 9.43. The lowest BCUT2D eigenvalue weighted by Crippen LogP contribution is -2.22. The highest BCUT2D eigenvalue weighted by atomic mass is 32.1. The number of methoxy groups -OCH3 is 3. The summed E-state index contributed by atoms with van der Waals surface area (Å²) in [6.07, 6.45) is 2.17. The minimum absolute atomic E-state index is 0.0449. The number of benzene rings is 2. The Bertz CT molecular complexity index is 2610. The molecule has 0 spiro atoms. The molecule has 5 aromatic heterocycles. The molecule has 0 aliphatic carbocycles. The van der Waals surface area contributed by atoms with E-state index in [1.165, 1.54) is 17.4 Å². The molecule has 6 heterocycles. The molecule has 1 aliphatic rings. The van der Waals surface area contributed by atoms with Crippen LogP contribution >= 0.6 is 22.7 Å². The zero-order valence-corrected chi connectivity index (χ0v) is 39.0. The van der Waals surface area contributed by atoms with Gasteiger partial charge in [0.05, 0.1) is 66.1 Å². The lowest BCUT2D eigenvalue weighted by Gasteiger charge is -2.14. The Hall–Kier alpha value is -5.73. The number of aromatic nitrogens is 6. The minimum Gasteiger partial charge on any atom is -0.496 e. The maximum atomic E-state index is 5.75. The summed E-state index contributed by atoms with van der Waals surface area (Å²) in [6, 6.07) is 26.2. The fraction of sp³-hybridized carbons (Fsp3) is 0.370. The van der Waals surface area contributed by atoms with Crippen LogP contribution in [0.4, 0.5) is 10.0 Å². The first kappa shape index (κ1) is 43.8. The van der Waals surface area contributed by atoms with Crippen molar-refractivity contribution in [1.29, 1.82) is 0 Å². The first-order chi connectivity index (χ1) is 29.0. The van der Waals surface area contributed by atoms with E-state index in [4.69, 9.17) is 25.8 Å². The number of aliphatic imine (C=N–C) groups is 1. The van der Waals surface area contributed by atoms with Gasteiger partial charge in [-0.3, -0.25) is 4.99 Å². The quantitative estimate of drug-likeness (QED) is 0.148. The van der Waals surface area contributed by atoms with Crippen molar-refractivity contribution in [3.05, 3.63) is 112 Å². The van der Waals surface area contributed by atoms with Crippen LogP contribution in [0.3, 0.4) is 0 Å². The smallest absolute Gasteiger partial charge is 0.189 e. The summed E-state index contributed by atoms with van der Waals surface area (Å²) >= 11 is 3.39. The molecule has 60 heavy (non-hydrogen) atoms. The molecule has 0 amide bonds. The topological polar surface area (TPSA) is 107 Å². The molecule has 0 bridgehead atoms. The minimum atomic E-state index is -0.133. The maximum absolute atomic E-state index is 5.75. The molecule has 0 atom stereocenters. The molecule has 318 valence electrons. The first-order valence-corrected chi connectivity index (χ1v) is 20.9. The van der Waals surface area contributed by atoms with E-state index in [2.05, 4.69) is 105 Å². The molecule has 0 saturated carbocycles. The van der Waals surface area contributed by atoms with Crippen LogP contribution < -0.4 is 29.2 Å². The van der Waals surface area contributed by atoms with Gasteiger partial charge in [-0.05, 0) is 60.7 Å². The van der Waals surface area contributed by atoms with Crippen LogP contribution in [0, 0.1) is 0 Å². The number of ether oxygens (including phenoxy) is 3. The number of anilines is 2. The Balaban J connectivity index is 0.000000190. The second kappa shape index (κ2) is 18.7. The Morgan fingerprint density at radius 3 is 1.87 bits per heavy atom. The summed E-state index contributed by atoms with van der Waals surface area (Å²) < 4.78 is 25.5. The van der Waals surface area contributed by atoms with Crippen LogP contribution in [0.25, 0.3) is 23.1 Å². The maximum Gasteiger partial charge on any atom is 0.189 e. The molecule has 0 N–H and O–H groups in total. The Kier molecular flexibility index (Phi) is 13.6. The van der Waals surface area contributed by atoms with E-state index < -0.39 is 0 Å². The van der Waals surface area contributed by atoms with Gasteiger partial charge in [-0.25, -0.2) is 4.68 Å². The Labute approximate surface area is 364 Å². The van der Waals surface area contributed by atoms with Gasteiger partial charge in [0.15, 0.2) is 22.4 Å².